The third-order valence-corrected chi connectivity index (χ3v) is 4.71. The van der Waals surface area contributed by atoms with Gasteiger partial charge in [0, 0.05) is 5.75 Å². The van der Waals surface area contributed by atoms with Crippen LogP contribution in [0.1, 0.15) is 21.9 Å². The van der Waals surface area contributed by atoms with Crippen LogP contribution in [0.4, 0.5) is 0 Å². The van der Waals surface area contributed by atoms with Gasteiger partial charge in [-0.3, -0.25) is 4.79 Å². The summed E-state index contributed by atoms with van der Waals surface area (Å²) in [6, 6.07) is 16.9. The van der Waals surface area contributed by atoms with E-state index in [2.05, 4.69) is 24.3 Å². The summed E-state index contributed by atoms with van der Waals surface area (Å²) in [5, 5.41) is 8.95. The number of carbonyl (C=O) groups is 1. The lowest BCUT2D eigenvalue weighted by Gasteiger charge is -2.21. The van der Waals surface area contributed by atoms with Crippen LogP contribution in [0.25, 0.3) is 0 Å². The van der Waals surface area contributed by atoms with Gasteiger partial charge < -0.3 is 10.8 Å². The van der Waals surface area contributed by atoms with Crippen molar-refractivity contribution in [1.82, 2.24) is 0 Å². The number of nitrogens with two attached hydrogens (primary N) is 1. The molecule has 0 aliphatic heterocycles. The van der Waals surface area contributed by atoms with Crippen molar-refractivity contribution in [3.8, 4) is 0 Å². The molecule has 0 fully saturated rings. The van der Waals surface area contributed by atoms with E-state index in [1.807, 2.05) is 37.3 Å². The predicted molar refractivity (Wildman–Crippen MR) is 87.3 cm³/mol. The van der Waals surface area contributed by atoms with E-state index in [1.54, 1.807) is 11.8 Å². The lowest BCUT2D eigenvalue weighted by atomic mass is 10.1. The Labute approximate surface area is 129 Å². The molecule has 0 bridgehead atoms. The van der Waals surface area contributed by atoms with Crippen molar-refractivity contribution in [1.29, 1.82) is 0 Å². The molecular weight excluding hydrogens is 282 g/mol. The first kappa shape index (κ1) is 15.6. The zero-order valence-electron chi connectivity index (χ0n) is 11.9. The quantitative estimate of drug-likeness (QED) is 0.858. The molecule has 3 N–H and O–H groups in total. The summed E-state index contributed by atoms with van der Waals surface area (Å²) in [5.74, 6) is -0.235. The molecule has 2 atom stereocenters. The van der Waals surface area contributed by atoms with E-state index in [-0.39, 0.29) is 5.25 Å². The van der Waals surface area contributed by atoms with Gasteiger partial charge in [0.05, 0.1) is 5.25 Å². The van der Waals surface area contributed by atoms with Gasteiger partial charge in [-0.05, 0) is 18.1 Å². The zero-order chi connectivity index (χ0) is 15.2. The molecule has 3 nitrogen and oxygen atoms in total. The SMILES string of the molecule is Cc1ccc(CS[C@@H](c2ccccc2)[C@@H](N)C(=O)O)cc1. The highest BCUT2D eigenvalue weighted by Gasteiger charge is 2.26. The number of thioether (sulfide) groups is 1. The van der Waals surface area contributed by atoms with Crippen molar-refractivity contribution in [2.75, 3.05) is 0 Å². The number of hydrogen-bond donors (Lipinski definition) is 2. The second kappa shape index (κ2) is 7.29. The summed E-state index contributed by atoms with van der Waals surface area (Å²) in [7, 11) is 0. The highest BCUT2D eigenvalue weighted by atomic mass is 32.2. The largest absolute Gasteiger partial charge is 0.480 e. The lowest BCUT2D eigenvalue weighted by molar-refractivity contribution is -0.138. The van der Waals surface area contributed by atoms with Crippen LogP contribution >= 0.6 is 11.8 Å². The Hall–Kier alpha value is -1.78. The summed E-state index contributed by atoms with van der Waals surface area (Å²) in [5.41, 5.74) is 9.19. The fraction of sp³-hybridized carbons (Fsp3) is 0.235. The van der Waals surface area contributed by atoms with Gasteiger partial charge in [0.25, 0.3) is 0 Å². The van der Waals surface area contributed by atoms with Crippen LogP contribution in [0, 0.1) is 6.92 Å². The van der Waals surface area contributed by atoms with Crippen LogP contribution in [0.15, 0.2) is 54.6 Å². The maximum atomic E-state index is 11.2. The fourth-order valence-electron chi connectivity index (χ4n) is 2.05. The van der Waals surface area contributed by atoms with Crippen molar-refractivity contribution in [3.63, 3.8) is 0 Å². The van der Waals surface area contributed by atoms with Gasteiger partial charge >= 0.3 is 5.97 Å². The molecule has 0 aromatic heterocycles. The van der Waals surface area contributed by atoms with E-state index in [9.17, 15) is 9.90 Å². The highest BCUT2D eigenvalue weighted by Crippen LogP contribution is 2.34. The molecule has 0 radical (unpaired) electrons. The first-order valence-electron chi connectivity index (χ1n) is 6.78. The molecule has 4 heteroatoms. The number of aliphatic carboxylic acids is 1. The number of aryl methyl sites for hydroxylation is 1. The molecule has 0 saturated heterocycles. The summed E-state index contributed by atoms with van der Waals surface area (Å²) in [4.78, 5) is 11.2. The summed E-state index contributed by atoms with van der Waals surface area (Å²) in [6.45, 7) is 2.05. The number of carboxylic acids is 1. The smallest absolute Gasteiger partial charge is 0.321 e. The summed E-state index contributed by atoms with van der Waals surface area (Å²) >= 11 is 1.56. The number of hydrogen-bond acceptors (Lipinski definition) is 3. The highest BCUT2D eigenvalue weighted by molar-refractivity contribution is 7.98. The van der Waals surface area contributed by atoms with Gasteiger partial charge in [-0.25, -0.2) is 0 Å². The minimum Gasteiger partial charge on any atom is -0.480 e. The Kier molecular flexibility index (Phi) is 5.42. The molecule has 2 rings (SSSR count). The Balaban J connectivity index is 2.13. The molecule has 21 heavy (non-hydrogen) atoms. The zero-order valence-corrected chi connectivity index (χ0v) is 12.7. The van der Waals surface area contributed by atoms with E-state index in [4.69, 9.17) is 5.73 Å². The van der Waals surface area contributed by atoms with Crippen LogP contribution in [-0.2, 0) is 10.5 Å². The van der Waals surface area contributed by atoms with Gasteiger partial charge in [0.1, 0.15) is 6.04 Å². The van der Waals surface area contributed by atoms with Gasteiger partial charge in [0.2, 0.25) is 0 Å². The molecule has 0 spiro atoms. The topological polar surface area (TPSA) is 63.3 Å². The van der Waals surface area contributed by atoms with Crippen molar-refractivity contribution in [2.24, 2.45) is 5.73 Å². The molecule has 110 valence electrons. The van der Waals surface area contributed by atoms with Crippen LogP contribution in [0.2, 0.25) is 0 Å². The molecule has 0 aliphatic carbocycles. The Morgan fingerprint density at radius 3 is 2.33 bits per heavy atom. The number of carboxylic acid groups (broad SMARTS) is 1. The third-order valence-electron chi connectivity index (χ3n) is 3.29. The van der Waals surface area contributed by atoms with Gasteiger partial charge in [-0.15, -0.1) is 11.8 Å². The normalized spacial score (nSPS) is 13.6. The molecule has 0 heterocycles. The monoisotopic (exact) mass is 301 g/mol. The van der Waals surface area contributed by atoms with Crippen molar-refractivity contribution in [2.45, 2.75) is 24.0 Å². The second-order valence-electron chi connectivity index (χ2n) is 4.99. The third kappa shape index (κ3) is 4.34. The molecular formula is C17H19NO2S. The molecule has 2 aromatic carbocycles. The Bertz CT molecular complexity index is 583. The average molecular weight is 301 g/mol. The molecule has 0 saturated carbocycles. The van der Waals surface area contributed by atoms with Gasteiger partial charge in [0.15, 0.2) is 0 Å². The Morgan fingerprint density at radius 2 is 1.76 bits per heavy atom. The maximum Gasteiger partial charge on any atom is 0.321 e. The van der Waals surface area contributed by atoms with Crippen molar-refractivity contribution >= 4 is 17.7 Å². The van der Waals surface area contributed by atoms with Gasteiger partial charge in [-0.1, -0.05) is 60.2 Å². The van der Waals surface area contributed by atoms with E-state index < -0.39 is 12.0 Å². The lowest BCUT2D eigenvalue weighted by Crippen LogP contribution is -2.35. The van der Waals surface area contributed by atoms with Gasteiger partial charge in [-0.2, -0.15) is 0 Å². The van der Waals surface area contributed by atoms with Crippen molar-refractivity contribution in [3.05, 3.63) is 71.3 Å². The molecule has 0 amide bonds. The van der Waals surface area contributed by atoms with E-state index in [1.165, 1.54) is 11.1 Å². The minimum absolute atomic E-state index is 0.259. The van der Waals surface area contributed by atoms with E-state index >= 15 is 0 Å². The van der Waals surface area contributed by atoms with Crippen LogP contribution in [0.3, 0.4) is 0 Å². The maximum absolute atomic E-state index is 11.2. The van der Waals surface area contributed by atoms with Crippen LogP contribution < -0.4 is 5.73 Å². The Morgan fingerprint density at radius 1 is 1.14 bits per heavy atom. The van der Waals surface area contributed by atoms with Crippen molar-refractivity contribution < 1.29 is 9.90 Å². The summed E-state index contributed by atoms with van der Waals surface area (Å²) < 4.78 is 0. The molecule has 0 unspecified atom stereocenters. The standard InChI is InChI=1S/C17H19NO2S/c1-12-7-9-13(10-8-12)11-21-16(15(18)17(19)20)14-5-3-2-4-6-14/h2-10,15-16H,11,18H2,1H3,(H,19,20)/t15-,16+/m1/s1. The first-order valence-corrected chi connectivity index (χ1v) is 7.83. The number of rotatable bonds is 6. The van der Waals surface area contributed by atoms with E-state index in [0.29, 0.717) is 0 Å². The predicted octanol–water partition coefficient (Wildman–Crippen LogP) is 3.38. The van der Waals surface area contributed by atoms with Crippen LogP contribution in [-0.4, -0.2) is 17.1 Å². The average Bonchev–Trinajstić information content (AvgIpc) is 2.50. The fourth-order valence-corrected chi connectivity index (χ4v) is 3.29. The minimum atomic E-state index is -0.972. The first-order chi connectivity index (χ1) is 10.1. The summed E-state index contributed by atoms with van der Waals surface area (Å²) in [6.07, 6.45) is 0. The molecule has 2 aromatic rings. The number of benzene rings is 2. The van der Waals surface area contributed by atoms with E-state index in [0.717, 1.165) is 11.3 Å². The second-order valence-corrected chi connectivity index (χ2v) is 6.12. The molecule has 0 aliphatic rings. The van der Waals surface area contributed by atoms with Crippen LogP contribution in [0.5, 0.6) is 0 Å².